The normalized spacial score (nSPS) is 12.3. The highest BCUT2D eigenvalue weighted by atomic mass is 16.3. The molecule has 1 N–H and O–H groups in total. The van der Waals surface area contributed by atoms with Gasteiger partial charge in [-0.3, -0.25) is 4.90 Å². The molecule has 0 aliphatic rings. The minimum atomic E-state index is 0.128. The van der Waals surface area contributed by atoms with E-state index in [2.05, 4.69) is 44.9 Å². The minimum absolute atomic E-state index is 0.128. The van der Waals surface area contributed by atoms with Crippen LogP contribution in [-0.2, 0) is 6.54 Å². The third kappa shape index (κ3) is 2.74. The fourth-order valence-corrected chi connectivity index (χ4v) is 2.21. The van der Waals surface area contributed by atoms with E-state index in [0.29, 0.717) is 5.75 Å². The van der Waals surface area contributed by atoms with Crippen LogP contribution in [0.25, 0.3) is 10.8 Å². The molecule has 0 unspecified atom stereocenters. The van der Waals surface area contributed by atoms with Gasteiger partial charge in [0.1, 0.15) is 5.75 Å². The first-order valence-electron chi connectivity index (χ1n) is 6.86. The Morgan fingerprint density at radius 1 is 1.11 bits per heavy atom. The summed E-state index contributed by atoms with van der Waals surface area (Å²) >= 11 is 0. The molecule has 0 aliphatic heterocycles. The van der Waals surface area contributed by atoms with Crippen LogP contribution in [0, 0.1) is 0 Å². The highest BCUT2D eigenvalue weighted by Crippen LogP contribution is 2.30. The molecule has 0 aromatic heterocycles. The highest BCUT2D eigenvalue weighted by Gasteiger charge is 2.22. The van der Waals surface area contributed by atoms with E-state index in [9.17, 15) is 5.11 Å². The van der Waals surface area contributed by atoms with Crippen molar-refractivity contribution in [1.29, 1.82) is 0 Å². The Morgan fingerprint density at radius 2 is 1.79 bits per heavy atom. The summed E-state index contributed by atoms with van der Waals surface area (Å²) in [4.78, 5) is 2.30. The summed E-state index contributed by atoms with van der Waals surface area (Å²) in [6.45, 7) is 7.41. The second-order valence-corrected chi connectivity index (χ2v) is 5.81. The average Bonchev–Trinajstić information content (AvgIpc) is 2.41. The summed E-state index contributed by atoms with van der Waals surface area (Å²) in [5.74, 6) is 0.387. The SMILES string of the molecule is CCC(C)(C)N(C)Cc1c(O)ccc2ccccc12. The number of phenolic OH excluding ortho intramolecular Hbond substituents is 1. The van der Waals surface area contributed by atoms with Crippen LogP contribution in [0.2, 0.25) is 0 Å². The summed E-state index contributed by atoms with van der Waals surface area (Å²) in [6, 6.07) is 12.0. The predicted octanol–water partition coefficient (Wildman–Crippen LogP) is 4.17. The van der Waals surface area contributed by atoms with Crippen LogP contribution in [0.4, 0.5) is 0 Å². The predicted molar refractivity (Wildman–Crippen MR) is 81.4 cm³/mol. The molecule has 0 atom stereocenters. The Labute approximate surface area is 115 Å². The average molecular weight is 257 g/mol. The first-order chi connectivity index (χ1) is 8.95. The number of hydrogen-bond donors (Lipinski definition) is 1. The van der Waals surface area contributed by atoms with Crippen molar-refractivity contribution < 1.29 is 5.11 Å². The molecule has 2 nitrogen and oxygen atoms in total. The van der Waals surface area contributed by atoms with Crippen LogP contribution in [0.15, 0.2) is 36.4 Å². The fourth-order valence-electron chi connectivity index (χ4n) is 2.21. The zero-order valence-electron chi connectivity index (χ0n) is 12.3. The molecule has 2 aromatic rings. The molecule has 0 saturated heterocycles. The standard InChI is InChI=1S/C17H23NO/c1-5-17(2,3)18(4)12-15-14-9-7-6-8-13(14)10-11-16(15)19/h6-11,19H,5,12H2,1-4H3. The molecule has 0 amide bonds. The third-order valence-corrected chi connectivity index (χ3v) is 4.31. The summed E-state index contributed by atoms with van der Waals surface area (Å²) in [7, 11) is 2.12. The van der Waals surface area contributed by atoms with Crippen molar-refractivity contribution in [3.05, 3.63) is 42.0 Å². The molecule has 19 heavy (non-hydrogen) atoms. The lowest BCUT2D eigenvalue weighted by Gasteiger charge is -2.35. The van der Waals surface area contributed by atoms with Crippen LogP contribution in [0.1, 0.15) is 32.8 Å². The number of aromatic hydroxyl groups is 1. The van der Waals surface area contributed by atoms with E-state index >= 15 is 0 Å². The van der Waals surface area contributed by atoms with Crippen molar-refractivity contribution >= 4 is 10.8 Å². The summed E-state index contributed by atoms with van der Waals surface area (Å²) in [5.41, 5.74) is 1.14. The van der Waals surface area contributed by atoms with Crippen molar-refractivity contribution in [2.75, 3.05) is 7.05 Å². The maximum absolute atomic E-state index is 10.2. The van der Waals surface area contributed by atoms with Gasteiger partial charge in [-0.15, -0.1) is 0 Å². The first kappa shape index (κ1) is 13.9. The van der Waals surface area contributed by atoms with Gasteiger partial charge in [0.05, 0.1) is 0 Å². The lowest BCUT2D eigenvalue weighted by molar-refractivity contribution is 0.142. The van der Waals surface area contributed by atoms with Gasteiger partial charge in [-0.2, -0.15) is 0 Å². The van der Waals surface area contributed by atoms with Crippen LogP contribution in [0.5, 0.6) is 5.75 Å². The number of hydrogen-bond acceptors (Lipinski definition) is 2. The Balaban J connectivity index is 2.42. The zero-order valence-corrected chi connectivity index (χ0v) is 12.3. The van der Waals surface area contributed by atoms with Crippen LogP contribution >= 0.6 is 0 Å². The largest absolute Gasteiger partial charge is 0.508 e. The van der Waals surface area contributed by atoms with Crippen molar-refractivity contribution in [3.63, 3.8) is 0 Å². The van der Waals surface area contributed by atoms with Crippen LogP contribution in [0.3, 0.4) is 0 Å². The molecule has 0 radical (unpaired) electrons. The van der Waals surface area contributed by atoms with Gasteiger partial charge in [0.25, 0.3) is 0 Å². The lowest BCUT2D eigenvalue weighted by Crippen LogP contribution is -2.39. The third-order valence-electron chi connectivity index (χ3n) is 4.31. The van der Waals surface area contributed by atoms with Gasteiger partial charge < -0.3 is 5.11 Å². The second kappa shape index (κ2) is 5.22. The quantitative estimate of drug-likeness (QED) is 0.888. The maximum Gasteiger partial charge on any atom is 0.120 e. The Hall–Kier alpha value is -1.54. The molecule has 2 aromatic carbocycles. The molecule has 0 bridgehead atoms. The molecule has 2 rings (SSSR count). The Bertz CT molecular complexity index is 574. The van der Waals surface area contributed by atoms with E-state index in [1.54, 1.807) is 6.07 Å². The van der Waals surface area contributed by atoms with Crippen molar-refractivity contribution in [2.45, 2.75) is 39.3 Å². The topological polar surface area (TPSA) is 23.5 Å². The van der Waals surface area contributed by atoms with E-state index in [-0.39, 0.29) is 5.54 Å². The van der Waals surface area contributed by atoms with Gasteiger partial charge in [0.15, 0.2) is 0 Å². The van der Waals surface area contributed by atoms with Gasteiger partial charge in [0, 0.05) is 17.6 Å². The van der Waals surface area contributed by atoms with E-state index < -0.39 is 0 Å². The molecule has 2 heteroatoms. The molecule has 102 valence electrons. The monoisotopic (exact) mass is 257 g/mol. The molecular weight excluding hydrogens is 234 g/mol. The highest BCUT2D eigenvalue weighted by molar-refractivity contribution is 5.87. The van der Waals surface area contributed by atoms with Crippen LogP contribution in [-0.4, -0.2) is 22.6 Å². The van der Waals surface area contributed by atoms with Gasteiger partial charge in [-0.05, 0) is 44.2 Å². The van der Waals surface area contributed by atoms with Gasteiger partial charge in [0.2, 0.25) is 0 Å². The molecule has 0 heterocycles. The Morgan fingerprint density at radius 3 is 2.47 bits per heavy atom. The number of rotatable bonds is 4. The van der Waals surface area contributed by atoms with E-state index in [1.807, 2.05) is 18.2 Å². The minimum Gasteiger partial charge on any atom is -0.508 e. The molecular formula is C17H23NO. The van der Waals surface area contributed by atoms with Crippen molar-refractivity contribution in [1.82, 2.24) is 4.90 Å². The summed E-state index contributed by atoms with van der Waals surface area (Å²) in [6.07, 6.45) is 1.08. The van der Waals surface area contributed by atoms with Crippen LogP contribution < -0.4 is 0 Å². The Kier molecular flexibility index (Phi) is 3.81. The van der Waals surface area contributed by atoms with Gasteiger partial charge in [-0.25, -0.2) is 0 Å². The van der Waals surface area contributed by atoms with E-state index in [0.717, 1.165) is 23.9 Å². The van der Waals surface area contributed by atoms with Crippen molar-refractivity contribution in [2.24, 2.45) is 0 Å². The first-order valence-corrected chi connectivity index (χ1v) is 6.86. The van der Waals surface area contributed by atoms with E-state index in [4.69, 9.17) is 0 Å². The van der Waals surface area contributed by atoms with Gasteiger partial charge >= 0.3 is 0 Å². The number of fused-ring (bicyclic) bond motifs is 1. The fraction of sp³-hybridized carbons (Fsp3) is 0.412. The molecule has 0 saturated carbocycles. The molecule has 0 spiro atoms. The molecule has 0 fully saturated rings. The number of benzene rings is 2. The number of nitrogens with zero attached hydrogens (tertiary/aromatic N) is 1. The van der Waals surface area contributed by atoms with Crippen molar-refractivity contribution in [3.8, 4) is 5.75 Å². The number of phenols is 1. The summed E-state index contributed by atoms with van der Waals surface area (Å²) in [5, 5.41) is 12.5. The zero-order chi connectivity index (χ0) is 14.0. The van der Waals surface area contributed by atoms with Gasteiger partial charge in [-0.1, -0.05) is 37.3 Å². The lowest BCUT2D eigenvalue weighted by atomic mass is 9.97. The maximum atomic E-state index is 10.2. The summed E-state index contributed by atoms with van der Waals surface area (Å²) < 4.78 is 0. The smallest absolute Gasteiger partial charge is 0.120 e. The second-order valence-electron chi connectivity index (χ2n) is 5.81. The van der Waals surface area contributed by atoms with E-state index in [1.165, 1.54) is 5.39 Å². The molecule has 0 aliphatic carbocycles.